The minimum absolute atomic E-state index is 0.0842. The molecule has 3 N–H and O–H groups in total. The summed E-state index contributed by atoms with van der Waals surface area (Å²) < 4.78 is 31.9. The van der Waals surface area contributed by atoms with Crippen molar-refractivity contribution < 1.29 is 18.3 Å². The second-order valence-corrected chi connectivity index (χ2v) is 4.19. The van der Waals surface area contributed by atoms with Gasteiger partial charge in [-0.1, -0.05) is 0 Å². The molecule has 1 aromatic carbocycles. The van der Waals surface area contributed by atoms with Crippen molar-refractivity contribution in [2.75, 3.05) is 18.2 Å². The van der Waals surface area contributed by atoms with Gasteiger partial charge in [0.05, 0.1) is 18.4 Å². The van der Waals surface area contributed by atoms with E-state index in [1.165, 1.54) is 7.11 Å². The van der Waals surface area contributed by atoms with Gasteiger partial charge in [-0.15, -0.1) is 0 Å². The smallest absolute Gasteiger partial charge is 0.261 e. The lowest BCUT2D eigenvalue weighted by atomic mass is 10.1. The normalized spacial score (nSPS) is 10.3. The predicted octanol–water partition coefficient (Wildman–Crippen LogP) is 1.91. The maximum absolute atomic E-state index is 13.7. The summed E-state index contributed by atoms with van der Waals surface area (Å²) in [5.74, 6) is -2.59. The molecule has 0 spiro atoms. The molecule has 0 saturated carbocycles. The van der Waals surface area contributed by atoms with E-state index in [1.54, 1.807) is 13.0 Å². The van der Waals surface area contributed by atoms with Crippen LogP contribution in [0.1, 0.15) is 16.1 Å². The third-order valence-corrected chi connectivity index (χ3v) is 2.58. The summed E-state index contributed by atoms with van der Waals surface area (Å²) in [7, 11) is 1.40. The topological polar surface area (TPSA) is 90.1 Å². The molecule has 0 aliphatic heterocycles. The van der Waals surface area contributed by atoms with Crippen molar-refractivity contribution in [2.45, 2.75) is 6.92 Å². The Morgan fingerprint density at radius 2 is 2.00 bits per heavy atom. The van der Waals surface area contributed by atoms with Crippen molar-refractivity contribution in [3.05, 3.63) is 41.1 Å². The van der Waals surface area contributed by atoms with Gasteiger partial charge in [-0.3, -0.25) is 10.1 Å². The van der Waals surface area contributed by atoms with Crippen LogP contribution in [0.3, 0.4) is 0 Å². The van der Waals surface area contributed by atoms with Crippen LogP contribution < -0.4 is 15.8 Å². The van der Waals surface area contributed by atoms with E-state index >= 15 is 0 Å². The molecule has 0 bridgehead atoms. The fraction of sp³-hybridized carbons (Fsp3) is 0.154. The Balaban J connectivity index is 2.32. The van der Waals surface area contributed by atoms with Crippen molar-refractivity contribution in [1.82, 2.24) is 9.97 Å². The van der Waals surface area contributed by atoms with Gasteiger partial charge in [-0.25, -0.2) is 13.8 Å². The fourth-order valence-corrected chi connectivity index (χ4v) is 1.64. The Morgan fingerprint density at radius 3 is 2.67 bits per heavy atom. The molecule has 2 rings (SSSR count). The van der Waals surface area contributed by atoms with Crippen molar-refractivity contribution in [1.29, 1.82) is 0 Å². The lowest BCUT2D eigenvalue weighted by Crippen LogP contribution is -2.17. The van der Waals surface area contributed by atoms with E-state index in [-0.39, 0.29) is 11.8 Å². The number of carbonyl (C=O) groups excluding carboxylic acids is 1. The van der Waals surface area contributed by atoms with Crippen molar-refractivity contribution in [2.24, 2.45) is 0 Å². The zero-order chi connectivity index (χ0) is 15.6. The highest BCUT2D eigenvalue weighted by atomic mass is 19.1. The second-order valence-electron chi connectivity index (χ2n) is 4.19. The number of methoxy groups -OCH3 is 1. The highest BCUT2D eigenvalue weighted by Gasteiger charge is 2.17. The van der Waals surface area contributed by atoms with E-state index in [4.69, 9.17) is 10.5 Å². The first kappa shape index (κ1) is 14.6. The summed E-state index contributed by atoms with van der Waals surface area (Å²) in [5.41, 5.74) is 4.83. The summed E-state index contributed by atoms with van der Waals surface area (Å²) >= 11 is 0. The van der Waals surface area contributed by atoms with Gasteiger partial charge in [0, 0.05) is 11.8 Å². The van der Waals surface area contributed by atoms with Crippen LogP contribution >= 0.6 is 0 Å². The summed E-state index contributed by atoms with van der Waals surface area (Å²) in [5, 5.41) is 2.27. The van der Waals surface area contributed by atoms with Gasteiger partial charge in [0.25, 0.3) is 5.91 Å². The van der Waals surface area contributed by atoms with Crippen LogP contribution in [-0.2, 0) is 0 Å². The lowest BCUT2D eigenvalue weighted by molar-refractivity contribution is 0.102. The minimum Gasteiger partial charge on any atom is -0.481 e. The van der Waals surface area contributed by atoms with Crippen LogP contribution in [0, 0.1) is 18.6 Å². The van der Waals surface area contributed by atoms with Gasteiger partial charge in [0.1, 0.15) is 5.82 Å². The van der Waals surface area contributed by atoms with Gasteiger partial charge >= 0.3 is 0 Å². The Labute approximate surface area is 119 Å². The summed E-state index contributed by atoms with van der Waals surface area (Å²) in [6.45, 7) is 1.67. The zero-order valence-electron chi connectivity index (χ0n) is 11.3. The molecule has 0 unspecified atom stereocenters. The monoisotopic (exact) mass is 294 g/mol. The SMILES string of the molecule is COc1cc(C)nc(NC(=O)c2cc(F)cc(N)c2F)n1. The molecule has 1 aromatic heterocycles. The summed E-state index contributed by atoms with van der Waals surface area (Å²) in [4.78, 5) is 19.8. The molecular weight excluding hydrogens is 282 g/mol. The Bertz CT molecular complexity index is 707. The number of hydrogen-bond donors (Lipinski definition) is 2. The van der Waals surface area contributed by atoms with Crippen LogP contribution in [0.25, 0.3) is 0 Å². The van der Waals surface area contributed by atoms with E-state index in [9.17, 15) is 13.6 Å². The molecule has 8 heteroatoms. The molecule has 2 aromatic rings. The second kappa shape index (κ2) is 5.70. The van der Waals surface area contributed by atoms with Gasteiger partial charge in [0.15, 0.2) is 5.82 Å². The number of aryl methyl sites for hydroxylation is 1. The highest BCUT2D eigenvalue weighted by Crippen LogP contribution is 2.19. The number of nitrogen functional groups attached to an aromatic ring is 1. The lowest BCUT2D eigenvalue weighted by Gasteiger charge is -2.08. The van der Waals surface area contributed by atoms with E-state index in [1.807, 2.05) is 0 Å². The number of halogens is 2. The number of amides is 1. The number of nitrogens with one attached hydrogen (secondary N) is 1. The number of anilines is 2. The number of benzene rings is 1. The zero-order valence-corrected chi connectivity index (χ0v) is 11.3. The minimum atomic E-state index is -1.01. The molecule has 0 fully saturated rings. The van der Waals surface area contributed by atoms with Crippen molar-refractivity contribution in [3.63, 3.8) is 0 Å². The molecule has 0 atom stereocenters. The van der Waals surface area contributed by atoms with Crippen LogP contribution in [0.2, 0.25) is 0 Å². The number of nitrogens with zero attached hydrogens (tertiary/aromatic N) is 2. The van der Waals surface area contributed by atoms with E-state index in [2.05, 4.69) is 15.3 Å². The number of aromatic nitrogens is 2. The maximum Gasteiger partial charge on any atom is 0.261 e. The molecular formula is C13H12F2N4O2. The number of hydrogen-bond acceptors (Lipinski definition) is 5. The van der Waals surface area contributed by atoms with E-state index in [0.29, 0.717) is 5.69 Å². The third kappa shape index (κ3) is 3.22. The molecule has 110 valence electrons. The van der Waals surface area contributed by atoms with Gasteiger partial charge in [0.2, 0.25) is 11.8 Å². The third-order valence-electron chi connectivity index (χ3n) is 2.58. The molecule has 6 nitrogen and oxygen atoms in total. The Hall–Kier alpha value is -2.77. The first-order valence-electron chi connectivity index (χ1n) is 5.86. The highest BCUT2D eigenvalue weighted by molar-refractivity contribution is 6.04. The molecule has 0 aliphatic carbocycles. The van der Waals surface area contributed by atoms with Crippen molar-refractivity contribution >= 4 is 17.5 Å². The molecule has 0 aliphatic rings. The number of rotatable bonds is 3. The molecule has 0 radical (unpaired) electrons. The Morgan fingerprint density at radius 1 is 1.29 bits per heavy atom. The molecule has 0 saturated heterocycles. The van der Waals surface area contributed by atoms with Gasteiger partial charge < -0.3 is 10.5 Å². The number of carbonyl (C=O) groups is 1. The van der Waals surface area contributed by atoms with Gasteiger partial charge in [-0.2, -0.15) is 4.98 Å². The van der Waals surface area contributed by atoms with E-state index < -0.39 is 28.8 Å². The largest absolute Gasteiger partial charge is 0.481 e. The molecule has 1 heterocycles. The molecule has 21 heavy (non-hydrogen) atoms. The average molecular weight is 294 g/mol. The summed E-state index contributed by atoms with van der Waals surface area (Å²) in [6, 6.07) is 3.09. The van der Waals surface area contributed by atoms with Gasteiger partial charge in [-0.05, 0) is 19.1 Å². The first-order chi connectivity index (χ1) is 9.90. The van der Waals surface area contributed by atoms with Crippen molar-refractivity contribution in [3.8, 4) is 5.88 Å². The fourth-order valence-electron chi connectivity index (χ4n) is 1.64. The maximum atomic E-state index is 13.7. The quantitative estimate of drug-likeness (QED) is 0.844. The summed E-state index contributed by atoms with van der Waals surface area (Å²) in [6.07, 6.45) is 0. The number of nitrogens with two attached hydrogens (primary N) is 1. The average Bonchev–Trinajstić information content (AvgIpc) is 2.41. The number of ether oxygens (including phenoxy) is 1. The standard InChI is InChI=1S/C13H12F2N4O2/c1-6-3-10(21-2)18-13(17-6)19-12(20)8-4-7(14)5-9(16)11(8)15/h3-5H,16H2,1-2H3,(H,17,18,19,20). The van der Waals surface area contributed by atoms with Crippen LogP contribution in [0.4, 0.5) is 20.4 Å². The van der Waals surface area contributed by atoms with Crippen LogP contribution in [0.5, 0.6) is 5.88 Å². The molecule has 1 amide bonds. The Kier molecular flexibility index (Phi) is 3.97. The predicted molar refractivity (Wildman–Crippen MR) is 72.0 cm³/mol. The van der Waals surface area contributed by atoms with Crippen LogP contribution in [-0.4, -0.2) is 23.0 Å². The van der Waals surface area contributed by atoms with Crippen LogP contribution in [0.15, 0.2) is 18.2 Å². The first-order valence-corrected chi connectivity index (χ1v) is 5.86. The van der Waals surface area contributed by atoms with E-state index in [0.717, 1.165) is 12.1 Å².